The quantitative estimate of drug-likeness (QED) is 0.604. The van der Waals surface area contributed by atoms with Crippen LogP contribution in [0.25, 0.3) is 0 Å². The molecule has 1 amide bonds. The molecule has 0 heterocycles. The summed E-state index contributed by atoms with van der Waals surface area (Å²) in [7, 11) is 0. The van der Waals surface area contributed by atoms with Crippen molar-refractivity contribution in [2.75, 3.05) is 6.54 Å². The monoisotopic (exact) mass is 257 g/mol. The van der Waals surface area contributed by atoms with Crippen LogP contribution >= 0.6 is 22.9 Å². The maximum Gasteiger partial charge on any atom is 0.228 e. The molecule has 0 aliphatic heterocycles. The molecule has 0 saturated heterocycles. The van der Waals surface area contributed by atoms with Gasteiger partial charge in [0, 0.05) is 6.92 Å². The van der Waals surface area contributed by atoms with Gasteiger partial charge in [-0.05, 0) is 6.42 Å². The lowest BCUT2D eigenvalue weighted by Gasteiger charge is -2.15. The summed E-state index contributed by atoms with van der Waals surface area (Å²) < 4.78 is 1.48. The van der Waals surface area contributed by atoms with E-state index < -0.39 is 0 Å². The highest BCUT2D eigenvalue weighted by atomic mass is 127. The van der Waals surface area contributed by atoms with Crippen molar-refractivity contribution < 1.29 is 9.90 Å². The molecule has 0 bridgehead atoms. The van der Waals surface area contributed by atoms with Gasteiger partial charge in [-0.25, -0.2) is 0 Å². The van der Waals surface area contributed by atoms with E-state index in [1.165, 1.54) is 10.0 Å². The van der Waals surface area contributed by atoms with E-state index in [-0.39, 0.29) is 12.0 Å². The Hall–Kier alpha value is 0.160. The first-order valence-electron chi connectivity index (χ1n) is 3.19. The van der Waals surface area contributed by atoms with Crippen LogP contribution in [0.3, 0.4) is 0 Å². The molecule has 1 atom stereocenters. The number of carbonyl (C=O) groups excluding carboxylic acids is 1. The first-order chi connectivity index (χ1) is 4.57. The van der Waals surface area contributed by atoms with Crippen molar-refractivity contribution >= 4 is 28.8 Å². The Bertz CT molecular complexity index is 118. The van der Waals surface area contributed by atoms with Crippen LogP contribution < -0.4 is 0 Å². The first kappa shape index (κ1) is 10.2. The zero-order valence-electron chi connectivity index (χ0n) is 6.17. The third-order valence-electron chi connectivity index (χ3n) is 1.18. The summed E-state index contributed by atoms with van der Waals surface area (Å²) in [4.78, 5) is 10.6. The molecule has 0 fully saturated rings. The average molecular weight is 257 g/mol. The van der Waals surface area contributed by atoms with Crippen molar-refractivity contribution in [1.29, 1.82) is 0 Å². The minimum Gasteiger partial charge on any atom is -0.391 e. The van der Waals surface area contributed by atoms with Gasteiger partial charge in [0.2, 0.25) is 5.91 Å². The molecule has 0 rings (SSSR count). The van der Waals surface area contributed by atoms with Crippen molar-refractivity contribution in [2.45, 2.75) is 26.4 Å². The maximum atomic E-state index is 10.6. The van der Waals surface area contributed by atoms with Gasteiger partial charge in [-0.1, -0.05) is 6.92 Å². The van der Waals surface area contributed by atoms with Gasteiger partial charge in [-0.3, -0.25) is 7.91 Å². The predicted octanol–water partition coefficient (Wildman–Crippen LogP) is 0.956. The fourth-order valence-electron chi connectivity index (χ4n) is 0.443. The van der Waals surface area contributed by atoms with Gasteiger partial charge in [-0.2, -0.15) is 0 Å². The third-order valence-corrected chi connectivity index (χ3v) is 2.26. The van der Waals surface area contributed by atoms with Crippen LogP contribution in [0.5, 0.6) is 0 Å². The van der Waals surface area contributed by atoms with Crippen LogP contribution in [0.15, 0.2) is 0 Å². The van der Waals surface area contributed by atoms with Crippen LogP contribution in [0.1, 0.15) is 20.3 Å². The van der Waals surface area contributed by atoms with E-state index in [4.69, 9.17) is 5.11 Å². The molecule has 0 spiro atoms. The molecule has 0 aliphatic carbocycles. The van der Waals surface area contributed by atoms with Crippen LogP contribution in [-0.4, -0.2) is 26.8 Å². The van der Waals surface area contributed by atoms with Gasteiger partial charge in [0.05, 0.1) is 35.5 Å². The minimum absolute atomic E-state index is 0.0203. The number of aliphatic hydroxyl groups excluding tert-OH is 1. The maximum absolute atomic E-state index is 10.6. The number of aliphatic hydroxyl groups is 1. The van der Waals surface area contributed by atoms with Crippen LogP contribution in [0.2, 0.25) is 0 Å². The summed E-state index contributed by atoms with van der Waals surface area (Å²) in [6.45, 7) is 3.79. The van der Waals surface area contributed by atoms with Crippen molar-refractivity contribution in [1.82, 2.24) is 3.11 Å². The fraction of sp³-hybridized carbons (Fsp3) is 0.833. The smallest absolute Gasteiger partial charge is 0.228 e. The molecule has 10 heavy (non-hydrogen) atoms. The van der Waals surface area contributed by atoms with Crippen molar-refractivity contribution in [2.24, 2.45) is 0 Å². The highest BCUT2D eigenvalue weighted by Crippen LogP contribution is 2.02. The van der Waals surface area contributed by atoms with E-state index >= 15 is 0 Å². The van der Waals surface area contributed by atoms with E-state index in [9.17, 15) is 4.79 Å². The average Bonchev–Trinajstić information content (AvgIpc) is 1.87. The Morgan fingerprint density at radius 1 is 1.80 bits per heavy atom. The molecule has 0 aromatic rings. The number of rotatable bonds is 3. The van der Waals surface area contributed by atoms with E-state index in [0.29, 0.717) is 13.0 Å². The molecule has 1 unspecified atom stereocenters. The lowest BCUT2D eigenvalue weighted by Crippen LogP contribution is -2.27. The number of nitrogens with zero attached hydrogens (tertiary/aromatic N) is 1. The van der Waals surface area contributed by atoms with Crippen LogP contribution in [0, 0.1) is 0 Å². The Morgan fingerprint density at radius 3 is 2.60 bits per heavy atom. The lowest BCUT2D eigenvalue weighted by molar-refractivity contribution is -0.123. The molecule has 0 radical (unpaired) electrons. The second-order valence-electron chi connectivity index (χ2n) is 2.13. The van der Waals surface area contributed by atoms with Crippen molar-refractivity contribution in [3.63, 3.8) is 0 Å². The van der Waals surface area contributed by atoms with Gasteiger partial charge in [0.15, 0.2) is 0 Å². The molecule has 0 aliphatic rings. The van der Waals surface area contributed by atoms with Gasteiger partial charge in [0.25, 0.3) is 0 Å². The van der Waals surface area contributed by atoms with E-state index in [0.717, 1.165) is 0 Å². The minimum atomic E-state index is -0.388. The van der Waals surface area contributed by atoms with Crippen molar-refractivity contribution in [3.05, 3.63) is 0 Å². The Kier molecular flexibility index (Phi) is 4.98. The van der Waals surface area contributed by atoms with Crippen molar-refractivity contribution in [3.8, 4) is 0 Å². The molecular formula is C6H12INO2. The summed E-state index contributed by atoms with van der Waals surface area (Å²) in [5, 5.41) is 9.08. The SMILES string of the molecule is CCC(O)CN(I)C(C)=O. The summed E-state index contributed by atoms with van der Waals surface area (Å²) in [6, 6.07) is 0. The lowest BCUT2D eigenvalue weighted by atomic mass is 10.3. The highest BCUT2D eigenvalue weighted by Gasteiger charge is 2.08. The number of hydrogen-bond acceptors (Lipinski definition) is 2. The first-order valence-corrected chi connectivity index (χ1v) is 4.16. The normalized spacial score (nSPS) is 12.8. The molecule has 60 valence electrons. The van der Waals surface area contributed by atoms with Gasteiger partial charge < -0.3 is 5.11 Å². The topological polar surface area (TPSA) is 40.5 Å². The number of hydrogen-bond donors (Lipinski definition) is 1. The van der Waals surface area contributed by atoms with Gasteiger partial charge in [0.1, 0.15) is 0 Å². The molecule has 0 aromatic heterocycles. The standard InChI is InChI=1S/C6H12INO2/c1-3-6(10)4-8(7)5(2)9/h6,10H,3-4H2,1-2H3. The Balaban J connectivity index is 3.56. The summed E-state index contributed by atoms with van der Waals surface area (Å²) >= 11 is 1.89. The zero-order valence-corrected chi connectivity index (χ0v) is 8.33. The summed E-state index contributed by atoms with van der Waals surface area (Å²) in [5.74, 6) is -0.0203. The Labute approximate surface area is 74.9 Å². The molecule has 3 nitrogen and oxygen atoms in total. The van der Waals surface area contributed by atoms with E-state index in [1.54, 1.807) is 0 Å². The molecule has 0 saturated carbocycles. The second kappa shape index (κ2) is 4.90. The Morgan fingerprint density at radius 2 is 2.30 bits per heavy atom. The molecule has 4 heteroatoms. The number of amides is 1. The van der Waals surface area contributed by atoms with Crippen LogP contribution in [-0.2, 0) is 4.79 Å². The number of halogens is 1. The van der Waals surface area contributed by atoms with E-state index in [1.807, 2.05) is 29.8 Å². The molecule has 1 N–H and O–H groups in total. The molecular weight excluding hydrogens is 245 g/mol. The summed E-state index contributed by atoms with van der Waals surface area (Å²) in [5.41, 5.74) is 0. The van der Waals surface area contributed by atoms with Gasteiger partial charge >= 0.3 is 0 Å². The fourth-order valence-corrected chi connectivity index (χ4v) is 0.897. The van der Waals surface area contributed by atoms with E-state index in [2.05, 4.69) is 0 Å². The second-order valence-corrected chi connectivity index (χ2v) is 3.29. The predicted molar refractivity (Wildman–Crippen MR) is 47.7 cm³/mol. The summed E-state index contributed by atoms with van der Waals surface area (Å²) in [6.07, 6.45) is 0.299. The third kappa shape index (κ3) is 4.05. The molecule has 0 aromatic carbocycles. The van der Waals surface area contributed by atoms with Crippen LogP contribution in [0.4, 0.5) is 0 Å². The largest absolute Gasteiger partial charge is 0.391 e. The number of carbonyl (C=O) groups is 1. The highest BCUT2D eigenvalue weighted by molar-refractivity contribution is 14.1. The van der Waals surface area contributed by atoms with Gasteiger partial charge in [-0.15, -0.1) is 0 Å². The zero-order chi connectivity index (χ0) is 8.15.